The largest absolute Gasteiger partial charge is 0.366 e. The number of benzene rings is 2. The molecule has 4 rings (SSSR count). The van der Waals surface area contributed by atoms with Gasteiger partial charge in [0.15, 0.2) is 0 Å². The van der Waals surface area contributed by atoms with Crippen molar-refractivity contribution in [1.82, 2.24) is 4.90 Å². The van der Waals surface area contributed by atoms with Crippen LogP contribution in [0.25, 0.3) is 5.57 Å². The van der Waals surface area contributed by atoms with Crippen molar-refractivity contribution in [3.63, 3.8) is 0 Å². The molecule has 2 aromatic carbocycles. The number of para-hydroxylation sites is 1. The first-order valence-electron chi connectivity index (χ1n) is 8.86. The summed E-state index contributed by atoms with van der Waals surface area (Å²) in [6, 6.07) is 12.4. The van der Waals surface area contributed by atoms with Gasteiger partial charge in [-0.3, -0.25) is 19.7 Å². The third-order valence-electron chi connectivity index (χ3n) is 4.94. The highest BCUT2D eigenvalue weighted by molar-refractivity contribution is 6.47. The second-order valence-corrected chi connectivity index (χ2v) is 7.03. The Bertz CT molecular complexity index is 1010. The van der Waals surface area contributed by atoms with E-state index < -0.39 is 16.7 Å². The van der Waals surface area contributed by atoms with Gasteiger partial charge in [0.1, 0.15) is 5.70 Å². The zero-order chi connectivity index (χ0) is 19.8. The zero-order valence-electron chi connectivity index (χ0n) is 14.8. The maximum atomic E-state index is 13.3. The second kappa shape index (κ2) is 7.09. The standard InChI is InChI=1S/C20H16ClN3O4/c21-15-5-1-2-6-16(15)23-19(25)17(13-7-9-14(10-8-13)24(27)28)18(20(23)26)22-11-3-4-12-22/h1-2,5-10H,3-4,11-12H2. The van der Waals surface area contributed by atoms with Gasteiger partial charge in [0.05, 0.1) is 21.2 Å². The predicted molar refractivity (Wildman–Crippen MR) is 105 cm³/mol. The minimum atomic E-state index is -0.503. The molecule has 7 nitrogen and oxygen atoms in total. The van der Waals surface area contributed by atoms with Gasteiger partial charge in [-0.05, 0) is 42.7 Å². The molecule has 142 valence electrons. The lowest BCUT2D eigenvalue weighted by Crippen LogP contribution is -2.34. The third kappa shape index (κ3) is 2.93. The van der Waals surface area contributed by atoms with Gasteiger partial charge in [-0.25, -0.2) is 4.90 Å². The van der Waals surface area contributed by atoms with Gasteiger partial charge in [-0.1, -0.05) is 23.7 Å². The predicted octanol–water partition coefficient (Wildman–Crippen LogP) is 3.63. The van der Waals surface area contributed by atoms with Crippen LogP contribution in [0, 0.1) is 10.1 Å². The zero-order valence-corrected chi connectivity index (χ0v) is 15.6. The number of carbonyl (C=O) groups is 2. The van der Waals surface area contributed by atoms with E-state index in [0.29, 0.717) is 35.1 Å². The Labute approximate surface area is 166 Å². The normalized spacial score (nSPS) is 17.0. The second-order valence-electron chi connectivity index (χ2n) is 6.62. The summed E-state index contributed by atoms with van der Waals surface area (Å²) in [5.41, 5.74) is 1.30. The summed E-state index contributed by atoms with van der Waals surface area (Å²) < 4.78 is 0. The van der Waals surface area contributed by atoms with Gasteiger partial charge >= 0.3 is 0 Å². The Morgan fingerprint density at radius 2 is 1.57 bits per heavy atom. The van der Waals surface area contributed by atoms with Crippen molar-refractivity contribution in [2.45, 2.75) is 12.8 Å². The molecule has 0 spiro atoms. The Balaban J connectivity index is 1.83. The first-order chi connectivity index (χ1) is 13.5. The maximum absolute atomic E-state index is 13.3. The molecule has 0 unspecified atom stereocenters. The molecule has 2 aliphatic rings. The topological polar surface area (TPSA) is 83.8 Å². The molecule has 2 heterocycles. The first-order valence-corrected chi connectivity index (χ1v) is 9.24. The van der Waals surface area contributed by atoms with Crippen molar-refractivity contribution >= 4 is 40.4 Å². The van der Waals surface area contributed by atoms with Crippen LogP contribution in [0.15, 0.2) is 54.2 Å². The number of nitro benzene ring substituents is 1. The molecule has 0 N–H and O–H groups in total. The van der Waals surface area contributed by atoms with E-state index in [-0.39, 0.29) is 11.3 Å². The van der Waals surface area contributed by atoms with E-state index in [9.17, 15) is 19.7 Å². The number of hydrogen-bond acceptors (Lipinski definition) is 5. The van der Waals surface area contributed by atoms with Crippen molar-refractivity contribution < 1.29 is 14.5 Å². The van der Waals surface area contributed by atoms with Gasteiger partial charge < -0.3 is 4.90 Å². The van der Waals surface area contributed by atoms with Crippen LogP contribution in [0.2, 0.25) is 5.02 Å². The van der Waals surface area contributed by atoms with Gasteiger partial charge in [0.25, 0.3) is 17.5 Å². The average Bonchev–Trinajstić information content (AvgIpc) is 3.29. The molecule has 1 saturated heterocycles. The number of carbonyl (C=O) groups excluding carboxylic acids is 2. The summed E-state index contributed by atoms with van der Waals surface area (Å²) in [6.07, 6.45) is 1.87. The number of non-ortho nitro benzene ring substituents is 1. The summed E-state index contributed by atoms with van der Waals surface area (Å²) in [5.74, 6) is -0.901. The van der Waals surface area contributed by atoms with Crippen LogP contribution >= 0.6 is 11.6 Å². The van der Waals surface area contributed by atoms with Gasteiger partial charge in [-0.15, -0.1) is 0 Å². The van der Waals surface area contributed by atoms with Crippen molar-refractivity contribution in [2.75, 3.05) is 18.0 Å². The molecule has 2 amide bonds. The summed E-state index contributed by atoms with van der Waals surface area (Å²) >= 11 is 6.24. The fourth-order valence-electron chi connectivity index (χ4n) is 3.61. The highest BCUT2D eigenvalue weighted by atomic mass is 35.5. The lowest BCUT2D eigenvalue weighted by Gasteiger charge is -2.20. The van der Waals surface area contributed by atoms with Crippen LogP contribution in [0.1, 0.15) is 18.4 Å². The molecule has 0 bridgehead atoms. The SMILES string of the molecule is O=C1C(c2ccc([N+](=O)[O-])cc2)=C(N2CCCC2)C(=O)N1c1ccccc1Cl. The van der Waals surface area contributed by atoms with E-state index in [0.717, 1.165) is 17.7 Å². The highest BCUT2D eigenvalue weighted by Gasteiger charge is 2.43. The molecular weight excluding hydrogens is 382 g/mol. The highest BCUT2D eigenvalue weighted by Crippen LogP contribution is 2.38. The number of rotatable bonds is 4. The van der Waals surface area contributed by atoms with Crippen molar-refractivity contribution in [2.24, 2.45) is 0 Å². The number of nitrogens with zero attached hydrogens (tertiary/aromatic N) is 3. The molecule has 0 aliphatic carbocycles. The van der Waals surface area contributed by atoms with E-state index >= 15 is 0 Å². The van der Waals surface area contributed by atoms with E-state index in [2.05, 4.69) is 0 Å². The fourth-order valence-corrected chi connectivity index (χ4v) is 3.83. The average molecular weight is 398 g/mol. The summed E-state index contributed by atoms with van der Waals surface area (Å²) in [5, 5.41) is 11.2. The van der Waals surface area contributed by atoms with Crippen LogP contribution in [0.4, 0.5) is 11.4 Å². The van der Waals surface area contributed by atoms with Gasteiger partial charge in [0, 0.05) is 25.2 Å². The molecule has 0 saturated carbocycles. The molecule has 8 heteroatoms. The lowest BCUT2D eigenvalue weighted by atomic mass is 10.0. The fraction of sp³-hybridized carbons (Fsp3) is 0.200. The number of hydrogen-bond donors (Lipinski definition) is 0. The molecule has 1 fully saturated rings. The smallest absolute Gasteiger partial charge is 0.282 e. The Morgan fingerprint density at radius 3 is 2.18 bits per heavy atom. The number of nitro groups is 1. The minimum absolute atomic E-state index is 0.0770. The molecular formula is C20H16ClN3O4. The van der Waals surface area contributed by atoms with E-state index in [1.165, 1.54) is 24.3 Å². The maximum Gasteiger partial charge on any atom is 0.282 e. The van der Waals surface area contributed by atoms with Crippen LogP contribution in [-0.4, -0.2) is 34.7 Å². The quantitative estimate of drug-likeness (QED) is 0.447. The molecule has 2 aliphatic heterocycles. The third-order valence-corrected chi connectivity index (χ3v) is 5.26. The monoisotopic (exact) mass is 397 g/mol. The summed E-state index contributed by atoms with van der Waals surface area (Å²) in [7, 11) is 0. The van der Waals surface area contributed by atoms with Gasteiger partial charge in [0.2, 0.25) is 0 Å². The number of halogens is 1. The Hall–Kier alpha value is -3.19. The molecule has 0 radical (unpaired) electrons. The van der Waals surface area contributed by atoms with Crippen LogP contribution in [-0.2, 0) is 9.59 Å². The molecule has 28 heavy (non-hydrogen) atoms. The molecule has 0 atom stereocenters. The van der Waals surface area contributed by atoms with E-state index in [4.69, 9.17) is 11.6 Å². The van der Waals surface area contributed by atoms with Crippen LogP contribution < -0.4 is 4.90 Å². The Kier molecular flexibility index (Phi) is 4.60. The number of imide groups is 1. The van der Waals surface area contributed by atoms with Crippen molar-refractivity contribution in [3.8, 4) is 0 Å². The number of likely N-dealkylation sites (tertiary alicyclic amines) is 1. The van der Waals surface area contributed by atoms with Gasteiger partial charge in [-0.2, -0.15) is 0 Å². The van der Waals surface area contributed by atoms with E-state index in [1.54, 1.807) is 24.3 Å². The minimum Gasteiger partial charge on any atom is -0.366 e. The Morgan fingerprint density at radius 1 is 0.929 bits per heavy atom. The molecule has 2 aromatic rings. The van der Waals surface area contributed by atoms with Crippen molar-refractivity contribution in [1.29, 1.82) is 0 Å². The molecule has 0 aromatic heterocycles. The lowest BCUT2D eigenvalue weighted by molar-refractivity contribution is -0.384. The van der Waals surface area contributed by atoms with Crippen LogP contribution in [0.3, 0.4) is 0 Å². The van der Waals surface area contributed by atoms with E-state index in [1.807, 2.05) is 4.90 Å². The number of anilines is 1. The summed E-state index contributed by atoms with van der Waals surface area (Å²) in [4.78, 5) is 40.0. The van der Waals surface area contributed by atoms with Crippen LogP contribution in [0.5, 0.6) is 0 Å². The first kappa shape index (κ1) is 18.2. The number of amides is 2. The summed E-state index contributed by atoms with van der Waals surface area (Å²) in [6.45, 7) is 1.36. The van der Waals surface area contributed by atoms with Crippen molar-refractivity contribution in [3.05, 3.63) is 74.9 Å².